The molecule has 7 nitrogen and oxygen atoms in total. The molecule has 0 spiro atoms. The molecule has 1 aliphatic rings. The van der Waals surface area contributed by atoms with Crippen molar-refractivity contribution in [3.05, 3.63) is 82.9 Å². The molecule has 0 aliphatic carbocycles. The van der Waals surface area contributed by atoms with Crippen LogP contribution in [0.1, 0.15) is 45.5 Å². The third-order valence-corrected chi connectivity index (χ3v) is 5.67. The van der Waals surface area contributed by atoms with Gasteiger partial charge in [0.1, 0.15) is 11.6 Å². The second-order valence-corrected chi connectivity index (χ2v) is 7.94. The highest BCUT2D eigenvalue weighted by atomic mass is 19.1. The number of carbonyl (C=O) groups excluding carboxylic acids is 2. The number of rotatable bonds is 5. The molecule has 2 amide bonds. The lowest BCUT2D eigenvalue weighted by molar-refractivity contribution is -0.115. The van der Waals surface area contributed by atoms with Crippen molar-refractivity contribution in [2.45, 2.75) is 32.6 Å². The van der Waals surface area contributed by atoms with Gasteiger partial charge in [-0.3, -0.25) is 14.6 Å². The Hall–Kier alpha value is -3.68. The zero-order chi connectivity index (χ0) is 22.7. The summed E-state index contributed by atoms with van der Waals surface area (Å²) in [5.74, 6) is 0.172. The summed E-state index contributed by atoms with van der Waals surface area (Å²) in [6.45, 7) is 4.95. The number of nitrogens with zero attached hydrogens (tertiary/aromatic N) is 4. The van der Waals surface area contributed by atoms with Gasteiger partial charge in [0.2, 0.25) is 5.91 Å². The third kappa shape index (κ3) is 4.80. The van der Waals surface area contributed by atoms with Crippen LogP contribution < -0.4 is 5.32 Å². The van der Waals surface area contributed by atoms with Crippen LogP contribution in [0.25, 0.3) is 0 Å². The van der Waals surface area contributed by atoms with Crippen LogP contribution in [0.5, 0.6) is 0 Å². The Bertz CT molecular complexity index is 1110. The molecule has 164 valence electrons. The van der Waals surface area contributed by atoms with Gasteiger partial charge in [-0.05, 0) is 56.7 Å². The summed E-state index contributed by atoms with van der Waals surface area (Å²) >= 11 is 0. The molecule has 1 atom stereocenters. The zero-order valence-corrected chi connectivity index (χ0v) is 18.0. The summed E-state index contributed by atoms with van der Waals surface area (Å²) in [5.41, 5.74) is 3.43. The van der Waals surface area contributed by atoms with Gasteiger partial charge in [-0.25, -0.2) is 14.4 Å². The number of benzene rings is 1. The molecule has 1 fully saturated rings. The van der Waals surface area contributed by atoms with E-state index in [2.05, 4.69) is 20.3 Å². The van der Waals surface area contributed by atoms with Crippen LogP contribution >= 0.6 is 0 Å². The van der Waals surface area contributed by atoms with Crippen LogP contribution in [0, 0.1) is 19.7 Å². The lowest BCUT2D eigenvalue weighted by atomic mass is 10.0. The maximum Gasteiger partial charge on any atom is 0.253 e. The number of anilines is 1. The van der Waals surface area contributed by atoms with Crippen molar-refractivity contribution in [3.8, 4) is 0 Å². The first kappa shape index (κ1) is 21.5. The number of hydrogen-bond acceptors (Lipinski definition) is 5. The van der Waals surface area contributed by atoms with Crippen LogP contribution in [-0.4, -0.2) is 44.8 Å². The molecular weight excluding hydrogens is 409 g/mol. The van der Waals surface area contributed by atoms with E-state index in [0.29, 0.717) is 30.2 Å². The Morgan fingerprint density at radius 3 is 2.38 bits per heavy atom. The van der Waals surface area contributed by atoms with Crippen molar-refractivity contribution in [2.24, 2.45) is 0 Å². The number of aromatic nitrogens is 3. The van der Waals surface area contributed by atoms with E-state index in [0.717, 1.165) is 23.4 Å². The van der Waals surface area contributed by atoms with E-state index in [-0.39, 0.29) is 30.0 Å². The number of nitrogens with one attached hydrogen (secondary N) is 1. The Balaban J connectivity index is 1.43. The fourth-order valence-corrected chi connectivity index (χ4v) is 3.94. The van der Waals surface area contributed by atoms with Crippen LogP contribution in [-0.2, 0) is 11.2 Å². The van der Waals surface area contributed by atoms with E-state index in [4.69, 9.17) is 0 Å². The van der Waals surface area contributed by atoms with Gasteiger partial charge in [-0.15, -0.1) is 0 Å². The summed E-state index contributed by atoms with van der Waals surface area (Å²) in [5, 5.41) is 2.77. The minimum Gasteiger partial charge on any atom is -0.338 e. The van der Waals surface area contributed by atoms with Gasteiger partial charge in [0, 0.05) is 59.6 Å². The number of likely N-dealkylation sites (tertiary alicyclic amines) is 1. The molecule has 3 heterocycles. The first-order valence-corrected chi connectivity index (χ1v) is 10.5. The number of aryl methyl sites for hydroxylation is 2. The highest BCUT2D eigenvalue weighted by Crippen LogP contribution is 2.27. The predicted octanol–water partition coefficient (Wildman–Crippen LogP) is 3.44. The SMILES string of the molecule is Cc1nc(C2CCN(C(=O)c3ccncc3)C2)nc(C)c1CC(=O)Nc1ccc(F)cc1. The lowest BCUT2D eigenvalue weighted by Crippen LogP contribution is -2.28. The topological polar surface area (TPSA) is 88.1 Å². The van der Waals surface area contributed by atoms with Crippen molar-refractivity contribution >= 4 is 17.5 Å². The fourth-order valence-electron chi connectivity index (χ4n) is 3.94. The summed E-state index contributed by atoms with van der Waals surface area (Å²) < 4.78 is 13.0. The molecule has 32 heavy (non-hydrogen) atoms. The Labute approximate surface area is 185 Å². The first-order valence-electron chi connectivity index (χ1n) is 10.5. The molecule has 1 aliphatic heterocycles. The highest BCUT2D eigenvalue weighted by Gasteiger charge is 2.30. The van der Waals surface area contributed by atoms with Crippen LogP contribution in [0.4, 0.5) is 10.1 Å². The van der Waals surface area contributed by atoms with Crippen molar-refractivity contribution < 1.29 is 14.0 Å². The number of amides is 2. The minimum absolute atomic E-state index is 0.0163. The van der Waals surface area contributed by atoms with E-state index >= 15 is 0 Å². The van der Waals surface area contributed by atoms with Crippen molar-refractivity contribution in [2.75, 3.05) is 18.4 Å². The third-order valence-electron chi connectivity index (χ3n) is 5.67. The van der Waals surface area contributed by atoms with Crippen molar-refractivity contribution in [1.29, 1.82) is 0 Å². The average molecular weight is 433 g/mol. The number of halogens is 1. The molecule has 1 aromatic carbocycles. The largest absolute Gasteiger partial charge is 0.338 e. The number of pyridine rings is 1. The molecule has 4 rings (SSSR count). The van der Waals surface area contributed by atoms with Crippen molar-refractivity contribution in [1.82, 2.24) is 19.9 Å². The molecule has 1 saturated heterocycles. The number of carbonyl (C=O) groups is 2. The van der Waals surface area contributed by atoms with Crippen LogP contribution in [0.3, 0.4) is 0 Å². The molecule has 1 N–H and O–H groups in total. The summed E-state index contributed by atoms with van der Waals surface area (Å²) in [6.07, 6.45) is 4.15. The van der Waals surface area contributed by atoms with Gasteiger partial charge in [-0.2, -0.15) is 0 Å². The van der Waals surface area contributed by atoms with Gasteiger partial charge < -0.3 is 10.2 Å². The van der Waals surface area contributed by atoms with E-state index < -0.39 is 0 Å². The minimum atomic E-state index is -0.355. The summed E-state index contributed by atoms with van der Waals surface area (Å²) in [6, 6.07) is 9.07. The Morgan fingerprint density at radius 2 is 1.72 bits per heavy atom. The molecule has 3 aromatic rings. The smallest absolute Gasteiger partial charge is 0.253 e. The van der Waals surface area contributed by atoms with Gasteiger partial charge in [0.15, 0.2) is 0 Å². The van der Waals surface area contributed by atoms with E-state index in [1.807, 2.05) is 18.7 Å². The standard InChI is InChI=1S/C24H24FN5O2/c1-15-21(13-22(31)29-20-5-3-19(25)4-6-20)16(2)28-23(27-15)18-9-12-30(14-18)24(32)17-7-10-26-11-8-17/h3-8,10-11,18H,9,12-14H2,1-2H3,(H,29,31). The maximum absolute atomic E-state index is 13.0. The van der Waals surface area contributed by atoms with Gasteiger partial charge >= 0.3 is 0 Å². The molecule has 2 aromatic heterocycles. The predicted molar refractivity (Wildman–Crippen MR) is 118 cm³/mol. The fraction of sp³-hybridized carbons (Fsp3) is 0.292. The first-order chi connectivity index (χ1) is 15.4. The molecule has 1 unspecified atom stereocenters. The second kappa shape index (κ2) is 9.21. The second-order valence-electron chi connectivity index (χ2n) is 7.94. The summed E-state index contributed by atoms with van der Waals surface area (Å²) in [4.78, 5) is 40.3. The maximum atomic E-state index is 13.0. The molecule has 0 radical (unpaired) electrons. The van der Waals surface area contributed by atoms with E-state index in [1.165, 1.54) is 24.3 Å². The van der Waals surface area contributed by atoms with E-state index in [1.54, 1.807) is 24.5 Å². The highest BCUT2D eigenvalue weighted by molar-refractivity contribution is 5.94. The molecule has 0 bridgehead atoms. The normalized spacial score (nSPS) is 15.6. The Morgan fingerprint density at radius 1 is 1.06 bits per heavy atom. The average Bonchev–Trinajstić information content (AvgIpc) is 3.28. The van der Waals surface area contributed by atoms with Crippen LogP contribution in [0.2, 0.25) is 0 Å². The van der Waals surface area contributed by atoms with E-state index in [9.17, 15) is 14.0 Å². The lowest BCUT2D eigenvalue weighted by Gasteiger charge is -2.17. The van der Waals surface area contributed by atoms with Gasteiger partial charge in [0.05, 0.1) is 6.42 Å². The Kier molecular flexibility index (Phi) is 6.20. The monoisotopic (exact) mass is 433 g/mol. The quantitative estimate of drug-likeness (QED) is 0.666. The summed E-state index contributed by atoms with van der Waals surface area (Å²) in [7, 11) is 0. The van der Waals surface area contributed by atoms with Gasteiger partial charge in [-0.1, -0.05) is 0 Å². The molecule has 8 heteroatoms. The molecule has 0 saturated carbocycles. The van der Waals surface area contributed by atoms with Crippen molar-refractivity contribution in [3.63, 3.8) is 0 Å². The number of hydrogen-bond donors (Lipinski definition) is 1. The van der Waals surface area contributed by atoms with Gasteiger partial charge in [0.25, 0.3) is 5.91 Å². The zero-order valence-electron chi connectivity index (χ0n) is 18.0. The van der Waals surface area contributed by atoms with Crippen LogP contribution in [0.15, 0.2) is 48.8 Å². The molecular formula is C24H24FN5O2.